The average molecular weight is 915 g/mol. The fourth-order valence-corrected chi connectivity index (χ4v) is 8.58. The number of likely N-dealkylation sites (N-methyl/N-ethyl adjacent to an activating group) is 1. The molecule has 2 atom stereocenters. The molecular formula is C53H105NO8P+. The van der Waals surface area contributed by atoms with Crippen molar-refractivity contribution < 1.29 is 42.1 Å². The Morgan fingerprint density at radius 2 is 0.810 bits per heavy atom. The molecule has 374 valence electrons. The molecule has 0 aliphatic carbocycles. The molecule has 0 saturated heterocycles. The Labute approximate surface area is 390 Å². The van der Waals surface area contributed by atoms with Crippen LogP contribution in [0.3, 0.4) is 0 Å². The topological polar surface area (TPSA) is 108 Å². The summed E-state index contributed by atoms with van der Waals surface area (Å²) >= 11 is 0. The second-order valence-corrected chi connectivity index (χ2v) is 21.1. The molecule has 0 saturated carbocycles. The number of allylic oxidation sites excluding steroid dienone is 2. The third-order valence-corrected chi connectivity index (χ3v) is 13.0. The molecule has 0 bridgehead atoms. The number of nitrogens with zero attached hydrogens (tertiary/aromatic N) is 1. The van der Waals surface area contributed by atoms with E-state index in [1.807, 2.05) is 21.1 Å². The highest BCUT2D eigenvalue weighted by Crippen LogP contribution is 2.43. The Balaban J connectivity index is 4.15. The van der Waals surface area contributed by atoms with E-state index in [4.69, 9.17) is 18.5 Å². The van der Waals surface area contributed by atoms with Gasteiger partial charge in [-0.2, -0.15) is 0 Å². The Morgan fingerprint density at radius 1 is 0.476 bits per heavy atom. The SMILES string of the molecule is CCCCCCCCC/C=C\CCCCCCCC(=O)OC(COC(=O)CCCCCCCCCCCCCCCCCCCCCCCCC)COP(=O)(O)OCC[N+](C)(C)C. The highest BCUT2D eigenvalue weighted by molar-refractivity contribution is 7.47. The van der Waals surface area contributed by atoms with Crippen molar-refractivity contribution in [1.82, 2.24) is 0 Å². The molecule has 63 heavy (non-hydrogen) atoms. The van der Waals surface area contributed by atoms with E-state index >= 15 is 0 Å². The van der Waals surface area contributed by atoms with Gasteiger partial charge in [0.25, 0.3) is 0 Å². The molecule has 0 aromatic rings. The zero-order valence-electron chi connectivity index (χ0n) is 42.3. The van der Waals surface area contributed by atoms with Crippen LogP contribution in [-0.4, -0.2) is 74.9 Å². The molecule has 0 fully saturated rings. The van der Waals surface area contributed by atoms with Crippen molar-refractivity contribution in [1.29, 1.82) is 0 Å². The predicted molar refractivity (Wildman–Crippen MR) is 266 cm³/mol. The van der Waals surface area contributed by atoms with Crippen LogP contribution in [0.15, 0.2) is 12.2 Å². The highest BCUT2D eigenvalue weighted by atomic mass is 31.2. The quantitative estimate of drug-likeness (QED) is 0.0211. The highest BCUT2D eigenvalue weighted by Gasteiger charge is 2.27. The summed E-state index contributed by atoms with van der Waals surface area (Å²) in [6.45, 7) is 4.47. The molecule has 1 N–H and O–H groups in total. The summed E-state index contributed by atoms with van der Waals surface area (Å²) in [6, 6.07) is 0. The van der Waals surface area contributed by atoms with Crippen molar-refractivity contribution in [3.63, 3.8) is 0 Å². The third kappa shape index (κ3) is 50.0. The number of carbonyl (C=O) groups is 2. The van der Waals surface area contributed by atoms with Crippen LogP contribution in [0, 0.1) is 0 Å². The Bertz CT molecular complexity index is 1080. The van der Waals surface area contributed by atoms with E-state index in [-0.39, 0.29) is 25.6 Å². The van der Waals surface area contributed by atoms with Gasteiger partial charge in [-0.25, -0.2) is 4.57 Å². The Morgan fingerprint density at radius 3 is 1.17 bits per heavy atom. The lowest BCUT2D eigenvalue weighted by Gasteiger charge is -2.24. The van der Waals surface area contributed by atoms with E-state index in [9.17, 15) is 19.0 Å². The summed E-state index contributed by atoms with van der Waals surface area (Å²) in [5, 5.41) is 0. The van der Waals surface area contributed by atoms with Crippen molar-refractivity contribution in [3.05, 3.63) is 12.2 Å². The maximum absolute atomic E-state index is 12.7. The number of esters is 2. The van der Waals surface area contributed by atoms with Crippen molar-refractivity contribution in [2.75, 3.05) is 47.5 Å². The summed E-state index contributed by atoms with van der Waals surface area (Å²) in [7, 11) is 1.49. The lowest BCUT2D eigenvalue weighted by Crippen LogP contribution is -2.37. The van der Waals surface area contributed by atoms with E-state index in [1.165, 1.54) is 180 Å². The molecule has 0 heterocycles. The minimum atomic E-state index is -4.38. The molecule has 0 radical (unpaired) electrons. The van der Waals surface area contributed by atoms with E-state index in [0.717, 1.165) is 51.4 Å². The lowest BCUT2D eigenvalue weighted by molar-refractivity contribution is -0.870. The van der Waals surface area contributed by atoms with Gasteiger partial charge in [-0.3, -0.25) is 18.6 Å². The van der Waals surface area contributed by atoms with Gasteiger partial charge in [0.2, 0.25) is 0 Å². The van der Waals surface area contributed by atoms with Crippen molar-refractivity contribution in [3.8, 4) is 0 Å². The first-order chi connectivity index (χ1) is 30.5. The van der Waals surface area contributed by atoms with Gasteiger partial charge >= 0.3 is 19.8 Å². The number of hydrogen-bond donors (Lipinski definition) is 1. The molecule has 0 aromatic carbocycles. The van der Waals surface area contributed by atoms with E-state index < -0.39 is 26.5 Å². The maximum Gasteiger partial charge on any atom is 0.472 e. The van der Waals surface area contributed by atoms with Gasteiger partial charge in [-0.15, -0.1) is 0 Å². The van der Waals surface area contributed by atoms with Gasteiger partial charge < -0.3 is 18.9 Å². The van der Waals surface area contributed by atoms with Gasteiger partial charge in [0.05, 0.1) is 27.7 Å². The monoisotopic (exact) mass is 915 g/mol. The van der Waals surface area contributed by atoms with Crippen LogP contribution in [0.5, 0.6) is 0 Å². The number of rotatable bonds is 50. The number of phosphoric acid groups is 1. The molecule has 0 aromatic heterocycles. The predicted octanol–water partition coefficient (Wildman–Crippen LogP) is 16.1. The lowest BCUT2D eigenvalue weighted by atomic mass is 10.0. The maximum atomic E-state index is 12.7. The molecule has 0 spiro atoms. The van der Waals surface area contributed by atoms with Crippen LogP contribution in [0.4, 0.5) is 0 Å². The molecular weight excluding hydrogens is 810 g/mol. The van der Waals surface area contributed by atoms with Gasteiger partial charge in [0.1, 0.15) is 19.8 Å². The van der Waals surface area contributed by atoms with Crippen LogP contribution in [0.25, 0.3) is 0 Å². The molecule has 0 rings (SSSR count). The van der Waals surface area contributed by atoms with Crippen LogP contribution in [-0.2, 0) is 32.7 Å². The van der Waals surface area contributed by atoms with E-state index in [2.05, 4.69) is 26.0 Å². The largest absolute Gasteiger partial charge is 0.472 e. The Hall–Kier alpha value is -1.25. The van der Waals surface area contributed by atoms with Crippen LogP contribution in [0.1, 0.15) is 264 Å². The first-order valence-corrected chi connectivity index (χ1v) is 28.4. The minimum Gasteiger partial charge on any atom is -0.462 e. The normalized spacial score (nSPS) is 13.4. The van der Waals surface area contributed by atoms with Crippen molar-refractivity contribution in [2.24, 2.45) is 0 Å². The third-order valence-electron chi connectivity index (χ3n) is 12.0. The van der Waals surface area contributed by atoms with Crippen LogP contribution in [0.2, 0.25) is 0 Å². The first kappa shape index (κ1) is 61.8. The van der Waals surface area contributed by atoms with Crippen LogP contribution < -0.4 is 0 Å². The standard InChI is InChI=1S/C53H104NO8P/c1-6-8-10-12-14-16-18-20-22-24-25-26-27-28-29-30-32-33-35-37-39-41-43-45-52(55)59-49-51(50-61-63(57,58)60-48-47-54(3,4)5)62-53(56)46-44-42-40-38-36-34-31-23-21-19-17-15-13-11-9-7-2/h23,31,51H,6-22,24-30,32-50H2,1-5H3/p+1/b31-23-. The van der Waals surface area contributed by atoms with Gasteiger partial charge in [-0.05, 0) is 38.5 Å². The fraction of sp³-hybridized carbons (Fsp3) is 0.925. The van der Waals surface area contributed by atoms with Gasteiger partial charge in [0.15, 0.2) is 6.10 Å². The zero-order valence-corrected chi connectivity index (χ0v) is 43.2. The molecule has 0 aliphatic heterocycles. The number of carbonyl (C=O) groups excluding carboxylic acids is 2. The summed E-state index contributed by atoms with van der Waals surface area (Å²) in [5.74, 6) is -0.792. The number of hydrogen-bond acceptors (Lipinski definition) is 7. The molecule has 0 amide bonds. The molecule has 2 unspecified atom stereocenters. The van der Waals surface area contributed by atoms with E-state index in [0.29, 0.717) is 23.9 Å². The zero-order chi connectivity index (χ0) is 46.4. The second kappa shape index (κ2) is 45.9. The van der Waals surface area contributed by atoms with Gasteiger partial charge in [-0.1, -0.05) is 225 Å². The van der Waals surface area contributed by atoms with Crippen LogP contribution >= 0.6 is 7.82 Å². The summed E-state index contributed by atoms with van der Waals surface area (Å²) in [6.07, 6.45) is 51.3. The average Bonchev–Trinajstić information content (AvgIpc) is 3.24. The first-order valence-electron chi connectivity index (χ1n) is 26.9. The number of unbranched alkanes of at least 4 members (excludes halogenated alkanes) is 34. The number of quaternary nitrogens is 1. The number of ether oxygens (including phenoxy) is 2. The van der Waals surface area contributed by atoms with Crippen molar-refractivity contribution in [2.45, 2.75) is 270 Å². The molecule has 10 heteroatoms. The van der Waals surface area contributed by atoms with E-state index in [1.54, 1.807) is 0 Å². The second-order valence-electron chi connectivity index (χ2n) is 19.6. The molecule has 9 nitrogen and oxygen atoms in total. The summed E-state index contributed by atoms with van der Waals surface area (Å²) < 4.78 is 34.5. The number of phosphoric ester groups is 1. The van der Waals surface area contributed by atoms with Gasteiger partial charge in [0, 0.05) is 12.8 Å². The summed E-state index contributed by atoms with van der Waals surface area (Å²) in [4.78, 5) is 35.6. The Kier molecular flexibility index (Phi) is 45.0. The van der Waals surface area contributed by atoms with Crippen molar-refractivity contribution >= 4 is 19.8 Å². The molecule has 0 aliphatic rings. The fourth-order valence-electron chi connectivity index (χ4n) is 7.84. The smallest absolute Gasteiger partial charge is 0.462 e. The summed E-state index contributed by atoms with van der Waals surface area (Å²) in [5.41, 5.74) is 0. The minimum absolute atomic E-state index is 0.0336.